The Labute approximate surface area is 170 Å². The number of H-pyrrole nitrogens is 1. The molecule has 29 heavy (non-hydrogen) atoms. The highest BCUT2D eigenvalue weighted by Gasteiger charge is 2.35. The fourth-order valence-corrected chi connectivity index (χ4v) is 3.76. The van der Waals surface area contributed by atoms with E-state index in [4.69, 9.17) is 0 Å². The van der Waals surface area contributed by atoms with E-state index >= 15 is 0 Å². The van der Waals surface area contributed by atoms with E-state index in [-0.39, 0.29) is 30.2 Å². The number of hydrogen-bond donors (Lipinski definition) is 2. The Kier molecular flexibility index (Phi) is 5.09. The van der Waals surface area contributed by atoms with E-state index in [1.54, 1.807) is 4.90 Å². The molecule has 2 atom stereocenters. The lowest BCUT2D eigenvalue weighted by Gasteiger charge is -2.19. The van der Waals surface area contributed by atoms with Gasteiger partial charge in [-0.15, -0.1) is 0 Å². The molecule has 2 amide bonds. The number of carbonyl (C=O) groups is 2. The Balaban J connectivity index is 1.44. The molecule has 1 aromatic heterocycles. The van der Waals surface area contributed by atoms with Gasteiger partial charge in [-0.2, -0.15) is 0 Å². The number of imidazole rings is 1. The van der Waals surface area contributed by atoms with Gasteiger partial charge < -0.3 is 15.2 Å². The molecular formula is C23H26N4O2. The standard InChI is InChI=1S/C23H26N4O2/c1-14(2)16-7-6-8-18(11-16)27-13-17(12-21(27)28)23(29)24-15(3)22-25-19-9-4-5-10-20(19)26-22/h4-11,14-15,17H,12-13H2,1-3H3,(H,24,29)(H,25,26). The number of aromatic amines is 1. The fourth-order valence-electron chi connectivity index (χ4n) is 3.76. The zero-order chi connectivity index (χ0) is 20.5. The highest BCUT2D eigenvalue weighted by molar-refractivity contribution is 6.00. The first kappa shape index (κ1) is 19.2. The monoisotopic (exact) mass is 390 g/mol. The van der Waals surface area contributed by atoms with E-state index in [2.05, 4.69) is 35.2 Å². The quantitative estimate of drug-likeness (QED) is 0.693. The van der Waals surface area contributed by atoms with Gasteiger partial charge in [-0.1, -0.05) is 38.1 Å². The summed E-state index contributed by atoms with van der Waals surface area (Å²) >= 11 is 0. The van der Waals surface area contributed by atoms with Crippen LogP contribution in [0.4, 0.5) is 5.69 Å². The molecule has 2 unspecified atom stereocenters. The predicted octanol–water partition coefficient (Wildman–Crippen LogP) is 3.92. The number of nitrogens with zero attached hydrogens (tertiary/aromatic N) is 2. The Morgan fingerprint density at radius 3 is 2.72 bits per heavy atom. The van der Waals surface area contributed by atoms with Crippen LogP contribution < -0.4 is 10.2 Å². The fraction of sp³-hybridized carbons (Fsp3) is 0.348. The molecule has 1 saturated heterocycles. The molecule has 3 aromatic rings. The molecule has 2 N–H and O–H groups in total. The second-order valence-electron chi connectivity index (χ2n) is 8.02. The molecule has 0 spiro atoms. The first-order valence-electron chi connectivity index (χ1n) is 10.1. The highest BCUT2D eigenvalue weighted by Crippen LogP contribution is 2.28. The van der Waals surface area contributed by atoms with Crippen LogP contribution >= 0.6 is 0 Å². The smallest absolute Gasteiger partial charge is 0.227 e. The van der Waals surface area contributed by atoms with Crippen LogP contribution in [0.25, 0.3) is 11.0 Å². The number of aromatic nitrogens is 2. The average molecular weight is 390 g/mol. The summed E-state index contributed by atoms with van der Waals surface area (Å²) in [6, 6.07) is 15.5. The molecule has 1 aliphatic heterocycles. The number of benzene rings is 2. The molecule has 2 heterocycles. The molecule has 6 nitrogen and oxygen atoms in total. The molecule has 0 aliphatic carbocycles. The molecule has 2 aromatic carbocycles. The van der Waals surface area contributed by atoms with Crippen LogP contribution in [0.3, 0.4) is 0 Å². The Hall–Kier alpha value is -3.15. The van der Waals surface area contributed by atoms with Crippen molar-refractivity contribution in [3.05, 3.63) is 59.9 Å². The number of fused-ring (bicyclic) bond motifs is 1. The van der Waals surface area contributed by atoms with Crippen molar-refractivity contribution in [3.63, 3.8) is 0 Å². The van der Waals surface area contributed by atoms with Gasteiger partial charge in [-0.25, -0.2) is 4.98 Å². The van der Waals surface area contributed by atoms with Crippen molar-refractivity contribution in [2.45, 2.75) is 39.2 Å². The molecule has 4 rings (SSSR count). The van der Waals surface area contributed by atoms with Gasteiger partial charge in [0.15, 0.2) is 0 Å². The Morgan fingerprint density at radius 1 is 1.17 bits per heavy atom. The third-order valence-electron chi connectivity index (χ3n) is 5.52. The number of rotatable bonds is 5. The lowest BCUT2D eigenvalue weighted by Crippen LogP contribution is -2.35. The zero-order valence-electron chi connectivity index (χ0n) is 17.0. The Morgan fingerprint density at radius 2 is 1.97 bits per heavy atom. The molecule has 0 radical (unpaired) electrons. The van der Waals surface area contributed by atoms with Crippen molar-refractivity contribution in [2.24, 2.45) is 5.92 Å². The SMILES string of the molecule is CC(C)c1cccc(N2CC(C(=O)NC(C)c3nc4ccccc4[nH]3)CC2=O)c1. The number of anilines is 1. The van der Waals surface area contributed by atoms with E-state index in [1.165, 1.54) is 5.56 Å². The zero-order valence-corrected chi connectivity index (χ0v) is 17.0. The minimum atomic E-state index is -0.364. The van der Waals surface area contributed by atoms with Crippen molar-refractivity contribution in [1.82, 2.24) is 15.3 Å². The first-order chi connectivity index (χ1) is 13.9. The molecule has 1 fully saturated rings. The molecule has 150 valence electrons. The summed E-state index contributed by atoms with van der Waals surface area (Å²) in [4.78, 5) is 34.9. The largest absolute Gasteiger partial charge is 0.346 e. The van der Waals surface area contributed by atoms with Crippen molar-refractivity contribution in [1.29, 1.82) is 0 Å². The van der Waals surface area contributed by atoms with Gasteiger partial charge in [-0.3, -0.25) is 9.59 Å². The number of para-hydroxylation sites is 2. The number of amides is 2. The topological polar surface area (TPSA) is 78.1 Å². The van der Waals surface area contributed by atoms with Crippen LogP contribution in [0.15, 0.2) is 48.5 Å². The van der Waals surface area contributed by atoms with Gasteiger partial charge in [0.25, 0.3) is 0 Å². The van der Waals surface area contributed by atoms with Crippen molar-refractivity contribution >= 4 is 28.5 Å². The van der Waals surface area contributed by atoms with Gasteiger partial charge in [0.05, 0.1) is 23.0 Å². The highest BCUT2D eigenvalue weighted by atomic mass is 16.2. The van der Waals surface area contributed by atoms with Crippen LogP contribution in [-0.2, 0) is 9.59 Å². The van der Waals surface area contributed by atoms with Gasteiger partial charge in [0, 0.05) is 18.7 Å². The van der Waals surface area contributed by atoms with E-state index < -0.39 is 0 Å². The van der Waals surface area contributed by atoms with E-state index in [0.29, 0.717) is 18.3 Å². The molecule has 1 aliphatic rings. The van der Waals surface area contributed by atoms with Gasteiger partial charge in [0.2, 0.25) is 11.8 Å². The minimum absolute atomic E-state index is 0.0116. The van der Waals surface area contributed by atoms with Crippen LogP contribution in [0.2, 0.25) is 0 Å². The summed E-state index contributed by atoms with van der Waals surface area (Å²) in [6.45, 7) is 6.55. The summed E-state index contributed by atoms with van der Waals surface area (Å²) in [6.07, 6.45) is 0.227. The third kappa shape index (κ3) is 3.88. The summed E-state index contributed by atoms with van der Waals surface area (Å²) in [7, 11) is 0. The lowest BCUT2D eigenvalue weighted by atomic mass is 10.0. The predicted molar refractivity (Wildman–Crippen MR) is 114 cm³/mol. The van der Waals surface area contributed by atoms with E-state index in [9.17, 15) is 9.59 Å². The maximum absolute atomic E-state index is 12.8. The molecule has 0 bridgehead atoms. The number of hydrogen-bond acceptors (Lipinski definition) is 3. The molecule has 0 saturated carbocycles. The summed E-state index contributed by atoms with van der Waals surface area (Å²) in [5, 5.41) is 3.01. The third-order valence-corrected chi connectivity index (χ3v) is 5.52. The van der Waals surface area contributed by atoms with Crippen LogP contribution in [0, 0.1) is 5.92 Å². The number of carbonyl (C=O) groups excluding carboxylic acids is 2. The van der Waals surface area contributed by atoms with Crippen LogP contribution in [-0.4, -0.2) is 28.3 Å². The van der Waals surface area contributed by atoms with Gasteiger partial charge in [-0.05, 0) is 42.7 Å². The van der Waals surface area contributed by atoms with Crippen molar-refractivity contribution in [2.75, 3.05) is 11.4 Å². The van der Waals surface area contributed by atoms with E-state index in [1.807, 2.05) is 49.4 Å². The molecular weight excluding hydrogens is 364 g/mol. The van der Waals surface area contributed by atoms with E-state index in [0.717, 1.165) is 16.7 Å². The van der Waals surface area contributed by atoms with Gasteiger partial charge >= 0.3 is 0 Å². The Bertz CT molecular complexity index is 1020. The normalized spacial score (nSPS) is 17.9. The van der Waals surface area contributed by atoms with Gasteiger partial charge in [0.1, 0.15) is 5.82 Å². The summed E-state index contributed by atoms with van der Waals surface area (Å²) < 4.78 is 0. The first-order valence-corrected chi connectivity index (χ1v) is 10.1. The molecule has 6 heteroatoms. The minimum Gasteiger partial charge on any atom is -0.346 e. The maximum atomic E-state index is 12.8. The maximum Gasteiger partial charge on any atom is 0.227 e. The van der Waals surface area contributed by atoms with Crippen molar-refractivity contribution in [3.8, 4) is 0 Å². The van der Waals surface area contributed by atoms with Crippen molar-refractivity contribution < 1.29 is 9.59 Å². The second-order valence-corrected chi connectivity index (χ2v) is 8.02. The summed E-state index contributed by atoms with van der Waals surface area (Å²) in [5.74, 6) is 0.607. The lowest BCUT2D eigenvalue weighted by molar-refractivity contribution is -0.126. The number of nitrogens with one attached hydrogen (secondary N) is 2. The summed E-state index contributed by atoms with van der Waals surface area (Å²) in [5.41, 5.74) is 3.86. The van der Waals surface area contributed by atoms with Crippen LogP contribution in [0.5, 0.6) is 0 Å². The van der Waals surface area contributed by atoms with Crippen LogP contribution in [0.1, 0.15) is 50.5 Å². The average Bonchev–Trinajstić information content (AvgIpc) is 3.31. The second kappa shape index (κ2) is 7.70.